The molecule has 1 fully saturated rings. The minimum atomic E-state index is -0.519. The van der Waals surface area contributed by atoms with Crippen LogP contribution in [0.15, 0.2) is 41.1 Å². The number of ether oxygens (including phenoxy) is 1. The monoisotopic (exact) mass is 386 g/mol. The average molecular weight is 387 g/mol. The number of rotatable bonds is 4. The largest absolute Gasteiger partial charge is 0.444 e. The van der Waals surface area contributed by atoms with Gasteiger partial charge in [-0.2, -0.15) is 11.3 Å². The molecule has 0 radical (unpaired) electrons. The number of nitrogens with one attached hydrogen (secondary N) is 1. The maximum Gasteiger partial charge on any atom is 0.407 e. The van der Waals surface area contributed by atoms with Gasteiger partial charge in [0.2, 0.25) is 0 Å². The summed E-state index contributed by atoms with van der Waals surface area (Å²) >= 11 is 1.67. The lowest BCUT2D eigenvalue weighted by Crippen LogP contribution is -2.32. The van der Waals surface area contributed by atoms with Crippen LogP contribution in [-0.2, 0) is 11.3 Å². The summed E-state index contributed by atoms with van der Waals surface area (Å²) in [5, 5.41) is 6.91. The third-order valence-corrected chi connectivity index (χ3v) is 5.18. The second-order valence-electron chi connectivity index (χ2n) is 7.77. The zero-order valence-corrected chi connectivity index (χ0v) is 16.8. The average Bonchev–Trinajstić information content (AvgIpc) is 3.29. The van der Waals surface area contributed by atoms with Crippen LogP contribution < -0.4 is 5.32 Å². The molecule has 144 valence electrons. The van der Waals surface area contributed by atoms with E-state index < -0.39 is 11.7 Å². The number of amides is 2. The van der Waals surface area contributed by atoms with Crippen LogP contribution in [0.2, 0.25) is 0 Å². The van der Waals surface area contributed by atoms with Crippen LogP contribution in [0.25, 0.3) is 0 Å². The molecule has 2 heterocycles. The Morgan fingerprint density at radius 2 is 1.96 bits per heavy atom. The van der Waals surface area contributed by atoms with Crippen molar-refractivity contribution in [1.29, 1.82) is 0 Å². The van der Waals surface area contributed by atoms with E-state index in [0.29, 0.717) is 12.1 Å². The van der Waals surface area contributed by atoms with Crippen molar-refractivity contribution in [3.8, 4) is 0 Å². The van der Waals surface area contributed by atoms with Gasteiger partial charge >= 0.3 is 6.09 Å². The lowest BCUT2D eigenvalue weighted by Gasteiger charge is -2.24. The molecule has 1 aromatic carbocycles. The van der Waals surface area contributed by atoms with Gasteiger partial charge in [-0.1, -0.05) is 12.1 Å². The molecule has 6 heteroatoms. The molecule has 27 heavy (non-hydrogen) atoms. The van der Waals surface area contributed by atoms with Gasteiger partial charge in [-0.3, -0.25) is 4.79 Å². The number of alkyl carbamates (subject to hydrolysis) is 1. The first-order chi connectivity index (χ1) is 12.8. The van der Waals surface area contributed by atoms with Gasteiger partial charge in [0.25, 0.3) is 5.91 Å². The van der Waals surface area contributed by atoms with Crippen molar-refractivity contribution in [2.75, 3.05) is 6.54 Å². The Balaban J connectivity index is 1.60. The van der Waals surface area contributed by atoms with Crippen LogP contribution in [0.4, 0.5) is 4.79 Å². The number of hydrogen-bond acceptors (Lipinski definition) is 4. The van der Waals surface area contributed by atoms with E-state index in [2.05, 4.69) is 22.1 Å². The standard InChI is InChI=1S/C21H26N2O3S/c1-21(2,3)26-20(25)22-13-15-6-8-16(9-7-15)19(24)23-11-4-5-18(23)17-10-12-27-14-17/h6-10,12,14,18H,4-5,11,13H2,1-3H3,(H,22,25)/t18-/m1/s1. The van der Waals surface area contributed by atoms with Gasteiger partial charge in [0, 0.05) is 18.7 Å². The number of hydrogen-bond donors (Lipinski definition) is 1. The van der Waals surface area contributed by atoms with E-state index in [0.717, 1.165) is 24.9 Å². The van der Waals surface area contributed by atoms with Crippen molar-refractivity contribution in [3.63, 3.8) is 0 Å². The predicted molar refractivity (Wildman–Crippen MR) is 107 cm³/mol. The zero-order valence-electron chi connectivity index (χ0n) is 16.0. The molecule has 1 saturated heterocycles. The van der Waals surface area contributed by atoms with Gasteiger partial charge in [0.15, 0.2) is 0 Å². The molecule has 3 rings (SSSR count). The van der Waals surface area contributed by atoms with Crippen molar-refractivity contribution in [2.45, 2.75) is 51.8 Å². The SMILES string of the molecule is CC(C)(C)OC(=O)NCc1ccc(C(=O)N2CCC[C@@H]2c2ccsc2)cc1. The summed E-state index contributed by atoms with van der Waals surface area (Å²) in [5.74, 6) is 0.0651. The highest BCUT2D eigenvalue weighted by Crippen LogP contribution is 2.34. The number of likely N-dealkylation sites (tertiary alicyclic amines) is 1. The van der Waals surface area contributed by atoms with Crippen LogP contribution >= 0.6 is 11.3 Å². The summed E-state index contributed by atoms with van der Waals surface area (Å²) in [6, 6.07) is 9.69. The van der Waals surface area contributed by atoms with Gasteiger partial charge in [-0.25, -0.2) is 4.79 Å². The number of thiophene rings is 1. The highest BCUT2D eigenvalue weighted by Gasteiger charge is 2.30. The van der Waals surface area contributed by atoms with Crippen LogP contribution in [0.1, 0.15) is 61.1 Å². The number of carbonyl (C=O) groups excluding carboxylic acids is 2. The lowest BCUT2D eigenvalue weighted by atomic mass is 10.1. The first-order valence-electron chi connectivity index (χ1n) is 9.22. The van der Waals surface area contributed by atoms with Crippen molar-refractivity contribution in [3.05, 3.63) is 57.8 Å². The minimum absolute atomic E-state index is 0.0651. The summed E-state index contributed by atoms with van der Waals surface area (Å²) in [4.78, 5) is 26.6. The normalized spacial score (nSPS) is 17.0. The Morgan fingerprint density at radius 3 is 2.59 bits per heavy atom. The Labute approximate surface area is 164 Å². The highest BCUT2D eigenvalue weighted by molar-refractivity contribution is 7.08. The Morgan fingerprint density at radius 1 is 1.22 bits per heavy atom. The molecule has 0 saturated carbocycles. The fraction of sp³-hybridized carbons (Fsp3) is 0.429. The topological polar surface area (TPSA) is 58.6 Å². The maximum absolute atomic E-state index is 12.9. The summed E-state index contributed by atoms with van der Waals surface area (Å²) < 4.78 is 5.23. The molecule has 0 aliphatic carbocycles. The Bertz CT molecular complexity index is 779. The number of nitrogens with zero attached hydrogens (tertiary/aromatic N) is 1. The molecule has 1 atom stereocenters. The highest BCUT2D eigenvalue weighted by atomic mass is 32.1. The van der Waals surface area contributed by atoms with Gasteiger partial charge in [0.05, 0.1) is 6.04 Å². The van der Waals surface area contributed by atoms with E-state index in [-0.39, 0.29) is 11.9 Å². The van der Waals surface area contributed by atoms with Crippen molar-refractivity contribution in [2.24, 2.45) is 0 Å². The predicted octanol–water partition coefficient (Wildman–Crippen LogP) is 4.75. The van der Waals surface area contributed by atoms with Crippen molar-refractivity contribution < 1.29 is 14.3 Å². The van der Waals surface area contributed by atoms with Crippen LogP contribution in [0, 0.1) is 0 Å². The Kier molecular flexibility index (Phi) is 5.85. The molecule has 5 nitrogen and oxygen atoms in total. The third kappa shape index (κ3) is 5.10. The van der Waals surface area contributed by atoms with E-state index >= 15 is 0 Å². The van der Waals surface area contributed by atoms with Gasteiger partial charge < -0.3 is 15.0 Å². The summed E-state index contributed by atoms with van der Waals surface area (Å²) in [6.45, 7) is 6.64. The molecule has 1 aromatic heterocycles. The van der Waals surface area contributed by atoms with E-state index in [4.69, 9.17) is 4.74 Å². The summed E-state index contributed by atoms with van der Waals surface area (Å²) in [7, 11) is 0. The number of carbonyl (C=O) groups is 2. The molecule has 2 aromatic rings. The molecular formula is C21H26N2O3S. The summed E-state index contributed by atoms with van der Waals surface area (Å²) in [6.07, 6.45) is 1.60. The first kappa shape index (κ1) is 19.4. The molecule has 0 bridgehead atoms. The number of benzene rings is 1. The van der Waals surface area contributed by atoms with Gasteiger partial charge in [-0.05, 0) is 73.7 Å². The smallest absolute Gasteiger partial charge is 0.407 e. The molecule has 2 amide bonds. The molecule has 0 unspecified atom stereocenters. The quantitative estimate of drug-likeness (QED) is 0.825. The molecule has 0 spiro atoms. The molecule has 1 N–H and O–H groups in total. The van der Waals surface area contributed by atoms with Gasteiger partial charge in [-0.15, -0.1) is 0 Å². The fourth-order valence-electron chi connectivity index (χ4n) is 3.24. The first-order valence-corrected chi connectivity index (χ1v) is 10.2. The second kappa shape index (κ2) is 8.13. The van der Waals surface area contributed by atoms with E-state index in [1.54, 1.807) is 11.3 Å². The zero-order chi connectivity index (χ0) is 19.4. The van der Waals surface area contributed by atoms with Gasteiger partial charge in [0.1, 0.15) is 5.60 Å². The molecule has 1 aliphatic rings. The van der Waals surface area contributed by atoms with Crippen molar-refractivity contribution in [1.82, 2.24) is 10.2 Å². The van der Waals surface area contributed by atoms with E-state index in [1.807, 2.05) is 49.9 Å². The van der Waals surface area contributed by atoms with Crippen molar-refractivity contribution >= 4 is 23.3 Å². The van der Waals surface area contributed by atoms with Crippen LogP contribution in [0.3, 0.4) is 0 Å². The fourth-order valence-corrected chi connectivity index (χ4v) is 3.95. The minimum Gasteiger partial charge on any atom is -0.444 e. The van der Waals surface area contributed by atoms with E-state index in [1.165, 1.54) is 5.56 Å². The molecular weight excluding hydrogens is 360 g/mol. The molecule has 1 aliphatic heterocycles. The summed E-state index contributed by atoms with van der Waals surface area (Å²) in [5.41, 5.74) is 2.31. The maximum atomic E-state index is 12.9. The Hall–Kier alpha value is -2.34. The third-order valence-electron chi connectivity index (χ3n) is 4.48. The lowest BCUT2D eigenvalue weighted by molar-refractivity contribution is 0.0523. The second-order valence-corrected chi connectivity index (χ2v) is 8.55. The van der Waals surface area contributed by atoms with E-state index in [9.17, 15) is 9.59 Å². The van der Waals surface area contributed by atoms with Crippen LogP contribution in [0.5, 0.6) is 0 Å². The van der Waals surface area contributed by atoms with Crippen LogP contribution in [-0.4, -0.2) is 29.0 Å².